The zero-order chi connectivity index (χ0) is 19.8. The summed E-state index contributed by atoms with van der Waals surface area (Å²) in [5, 5.41) is 0. The molecule has 7 nitrogen and oxygen atoms in total. The smallest absolute Gasteiger partial charge is 0.231 e. The highest BCUT2D eigenvalue weighted by atomic mass is 16.3. The molecule has 1 aromatic carbocycles. The Labute approximate surface area is 168 Å². The van der Waals surface area contributed by atoms with Gasteiger partial charge >= 0.3 is 0 Å². The van der Waals surface area contributed by atoms with Crippen molar-refractivity contribution in [3.05, 3.63) is 54.9 Å². The molecule has 0 unspecified atom stereocenters. The Kier molecular flexibility index (Phi) is 4.37. The summed E-state index contributed by atoms with van der Waals surface area (Å²) in [7, 11) is 2.15. The van der Waals surface area contributed by atoms with Crippen molar-refractivity contribution in [2.24, 2.45) is 0 Å². The summed E-state index contributed by atoms with van der Waals surface area (Å²) >= 11 is 0. The minimum Gasteiger partial charge on any atom is -0.436 e. The fourth-order valence-electron chi connectivity index (χ4n) is 3.57. The number of rotatable bonds is 3. The van der Waals surface area contributed by atoms with Crippen LogP contribution >= 0.6 is 0 Å². The van der Waals surface area contributed by atoms with E-state index in [0.29, 0.717) is 17.3 Å². The quantitative estimate of drug-likeness (QED) is 0.578. The van der Waals surface area contributed by atoms with Gasteiger partial charge in [-0.1, -0.05) is 12.1 Å². The summed E-state index contributed by atoms with van der Waals surface area (Å²) in [6.07, 6.45) is 3.64. The summed E-state index contributed by atoms with van der Waals surface area (Å²) in [5.74, 6) is 1.87. The van der Waals surface area contributed by atoms with Crippen LogP contribution in [-0.2, 0) is 0 Å². The Balaban J connectivity index is 1.45. The number of nitrogens with two attached hydrogens (primary N) is 1. The molecule has 29 heavy (non-hydrogen) atoms. The molecule has 7 heteroatoms. The molecule has 4 heterocycles. The van der Waals surface area contributed by atoms with Crippen LogP contribution in [0.4, 0.5) is 11.6 Å². The van der Waals surface area contributed by atoms with Crippen LogP contribution in [-0.4, -0.2) is 53.1 Å². The van der Waals surface area contributed by atoms with Gasteiger partial charge in [0.05, 0.1) is 5.56 Å². The molecule has 0 saturated carbocycles. The van der Waals surface area contributed by atoms with Crippen molar-refractivity contribution in [2.75, 3.05) is 43.9 Å². The third-order valence-corrected chi connectivity index (χ3v) is 5.35. The molecule has 0 amide bonds. The van der Waals surface area contributed by atoms with Crippen molar-refractivity contribution in [1.82, 2.24) is 19.9 Å². The zero-order valence-corrected chi connectivity index (χ0v) is 16.2. The van der Waals surface area contributed by atoms with E-state index < -0.39 is 0 Å². The van der Waals surface area contributed by atoms with E-state index in [2.05, 4.69) is 43.9 Å². The third-order valence-electron chi connectivity index (χ3n) is 5.35. The van der Waals surface area contributed by atoms with Gasteiger partial charge in [0.2, 0.25) is 5.89 Å². The molecule has 3 aromatic heterocycles. The van der Waals surface area contributed by atoms with E-state index in [1.165, 1.54) is 0 Å². The van der Waals surface area contributed by atoms with Gasteiger partial charge in [-0.15, -0.1) is 0 Å². The fraction of sp³-hybridized carbons (Fsp3) is 0.227. The van der Waals surface area contributed by atoms with Crippen LogP contribution in [0, 0.1) is 0 Å². The van der Waals surface area contributed by atoms with E-state index in [0.717, 1.165) is 54.2 Å². The Morgan fingerprint density at radius 2 is 1.72 bits per heavy atom. The molecule has 0 spiro atoms. The number of likely N-dealkylation sites (N-methyl/N-ethyl adjacent to an activating group) is 1. The molecular weight excluding hydrogens is 364 g/mol. The lowest BCUT2D eigenvalue weighted by Gasteiger charge is -2.33. The molecule has 4 aromatic rings. The number of aromatic nitrogens is 3. The molecule has 0 atom stereocenters. The number of oxazole rings is 1. The maximum absolute atomic E-state index is 6.12. The largest absolute Gasteiger partial charge is 0.436 e. The molecule has 0 radical (unpaired) electrons. The third kappa shape index (κ3) is 3.40. The lowest BCUT2D eigenvalue weighted by Crippen LogP contribution is -2.44. The van der Waals surface area contributed by atoms with Gasteiger partial charge in [0, 0.05) is 49.7 Å². The number of piperazine rings is 1. The van der Waals surface area contributed by atoms with Crippen molar-refractivity contribution >= 4 is 22.7 Å². The number of anilines is 2. The summed E-state index contributed by atoms with van der Waals surface area (Å²) in [6.45, 7) is 4.10. The predicted molar refractivity (Wildman–Crippen MR) is 115 cm³/mol. The van der Waals surface area contributed by atoms with Crippen LogP contribution < -0.4 is 10.6 Å². The average molecular weight is 386 g/mol. The minimum absolute atomic E-state index is 0.391. The molecule has 1 fully saturated rings. The summed E-state index contributed by atoms with van der Waals surface area (Å²) < 4.78 is 5.88. The first kappa shape index (κ1) is 17.6. The predicted octanol–water partition coefficient (Wildman–Crippen LogP) is 3.29. The summed E-state index contributed by atoms with van der Waals surface area (Å²) in [5.41, 5.74) is 10.2. The number of nitrogen functional groups attached to an aromatic ring is 1. The van der Waals surface area contributed by atoms with Crippen LogP contribution in [0.15, 0.2) is 59.3 Å². The zero-order valence-electron chi connectivity index (χ0n) is 16.2. The molecule has 0 bridgehead atoms. The van der Waals surface area contributed by atoms with Gasteiger partial charge in [0.15, 0.2) is 5.58 Å². The molecule has 1 aliphatic heterocycles. The molecule has 1 aliphatic rings. The number of hydrogen-bond donors (Lipinski definition) is 1. The SMILES string of the molecule is CN1CCN(c2ccc(-c3cnc(N)c(-c4nc5ccccc5o4)c3)cn2)CC1. The van der Waals surface area contributed by atoms with Crippen LogP contribution in [0.25, 0.3) is 33.7 Å². The van der Waals surface area contributed by atoms with Gasteiger partial charge < -0.3 is 20.0 Å². The first-order valence-electron chi connectivity index (χ1n) is 9.69. The number of pyridine rings is 2. The van der Waals surface area contributed by atoms with Gasteiger partial charge in [-0.25, -0.2) is 15.0 Å². The number of hydrogen-bond acceptors (Lipinski definition) is 7. The second-order valence-corrected chi connectivity index (χ2v) is 7.34. The summed E-state index contributed by atoms with van der Waals surface area (Å²) in [6, 6.07) is 13.7. The van der Waals surface area contributed by atoms with Gasteiger partial charge in [-0.05, 0) is 37.4 Å². The molecular formula is C22H22N6O. The van der Waals surface area contributed by atoms with Crippen molar-refractivity contribution in [3.63, 3.8) is 0 Å². The standard InChI is InChI=1S/C22H22N6O/c1-27-8-10-28(11-9-27)20-7-6-15(13-24-20)16-12-17(21(23)25-14-16)22-26-18-4-2-3-5-19(18)29-22/h2-7,12-14H,8-11H2,1H3,(H2,23,25). The van der Waals surface area contributed by atoms with Crippen molar-refractivity contribution in [3.8, 4) is 22.6 Å². The molecule has 5 rings (SSSR count). The highest BCUT2D eigenvalue weighted by molar-refractivity contribution is 5.80. The first-order valence-corrected chi connectivity index (χ1v) is 9.69. The van der Waals surface area contributed by atoms with Crippen molar-refractivity contribution < 1.29 is 4.42 Å². The Morgan fingerprint density at radius 3 is 2.48 bits per heavy atom. The Bertz CT molecular complexity index is 1110. The Morgan fingerprint density at radius 1 is 0.931 bits per heavy atom. The first-order chi connectivity index (χ1) is 14.2. The second-order valence-electron chi connectivity index (χ2n) is 7.34. The highest BCUT2D eigenvalue weighted by Gasteiger charge is 2.16. The number of nitrogens with zero attached hydrogens (tertiary/aromatic N) is 5. The van der Waals surface area contributed by atoms with Crippen molar-refractivity contribution in [1.29, 1.82) is 0 Å². The van der Waals surface area contributed by atoms with Gasteiger partial charge in [0.25, 0.3) is 0 Å². The maximum atomic E-state index is 6.12. The number of benzene rings is 1. The lowest BCUT2D eigenvalue weighted by atomic mass is 10.1. The second kappa shape index (κ2) is 7.18. The number of para-hydroxylation sites is 2. The van der Waals surface area contributed by atoms with E-state index in [-0.39, 0.29) is 0 Å². The van der Waals surface area contributed by atoms with E-state index in [1.807, 2.05) is 36.5 Å². The summed E-state index contributed by atoms with van der Waals surface area (Å²) in [4.78, 5) is 18.2. The number of fused-ring (bicyclic) bond motifs is 1. The maximum Gasteiger partial charge on any atom is 0.231 e. The lowest BCUT2D eigenvalue weighted by molar-refractivity contribution is 0.312. The minimum atomic E-state index is 0.391. The van der Waals surface area contributed by atoms with E-state index in [9.17, 15) is 0 Å². The normalized spacial score (nSPS) is 15.1. The van der Waals surface area contributed by atoms with Gasteiger partial charge in [-0.2, -0.15) is 0 Å². The van der Waals surface area contributed by atoms with Crippen LogP contribution in [0.3, 0.4) is 0 Å². The van der Waals surface area contributed by atoms with Gasteiger partial charge in [-0.3, -0.25) is 0 Å². The monoisotopic (exact) mass is 386 g/mol. The topological polar surface area (TPSA) is 84.3 Å². The highest BCUT2D eigenvalue weighted by Crippen LogP contribution is 2.31. The van der Waals surface area contributed by atoms with E-state index in [4.69, 9.17) is 10.2 Å². The molecule has 146 valence electrons. The van der Waals surface area contributed by atoms with Crippen LogP contribution in [0.1, 0.15) is 0 Å². The van der Waals surface area contributed by atoms with Crippen LogP contribution in [0.2, 0.25) is 0 Å². The Hall–Kier alpha value is -3.45. The molecule has 1 saturated heterocycles. The van der Waals surface area contributed by atoms with Crippen LogP contribution in [0.5, 0.6) is 0 Å². The van der Waals surface area contributed by atoms with E-state index in [1.54, 1.807) is 6.20 Å². The fourth-order valence-corrected chi connectivity index (χ4v) is 3.57. The van der Waals surface area contributed by atoms with Crippen molar-refractivity contribution in [2.45, 2.75) is 0 Å². The average Bonchev–Trinajstić information content (AvgIpc) is 3.19. The molecule has 0 aliphatic carbocycles. The van der Waals surface area contributed by atoms with Gasteiger partial charge in [0.1, 0.15) is 17.2 Å². The molecule has 2 N–H and O–H groups in total. The van der Waals surface area contributed by atoms with E-state index >= 15 is 0 Å².